The molecule has 136 valence electrons. The van der Waals surface area contributed by atoms with Crippen molar-refractivity contribution < 1.29 is 4.74 Å². The van der Waals surface area contributed by atoms with E-state index in [0.29, 0.717) is 24.6 Å². The Labute approximate surface area is 162 Å². The minimum absolute atomic E-state index is 0. The fourth-order valence-corrected chi connectivity index (χ4v) is 4.11. The molecule has 2 fully saturated rings. The molecule has 24 heavy (non-hydrogen) atoms. The first-order valence-electron chi connectivity index (χ1n) is 8.79. The highest BCUT2D eigenvalue weighted by atomic mass is 127. The first-order chi connectivity index (χ1) is 11.0. The van der Waals surface area contributed by atoms with Gasteiger partial charge in [0.25, 0.3) is 0 Å². The summed E-state index contributed by atoms with van der Waals surface area (Å²) in [6.07, 6.45) is 7.00. The molecule has 0 radical (unpaired) electrons. The summed E-state index contributed by atoms with van der Waals surface area (Å²) in [6, 6.07) is 2.55. The Morgan fingerprint density at radius 2 is 2.25 bits per heavy atom. The number of halogens is 1. The van der Waals surface area contributed by atoms with Crippen molar-refractivity contribution in [3.05, 3.63) is 24.0 Å². The lowest BCUT2D eigenvalue weighted by molar-refractivity contribution is -0.188. The predicted octanol–water partition coefficient (Wildman–Crippen LogP) is 2.90. The molecule has 3 atom stereocenters. The van der Waals surface area contributed by atoms with E-state index in [9.17, 15) is 0 Å². The van der Waals surface area contributed by atoms with Crippen LogP contribution >= 0.6 is 24.0 Å². The van der Waals surface area contributed by atoms with E-state index in [0.717, 1.165) is 19.1 Å². The van der Waals surface area contributed by atoms with E-state index in [2.05, 4.69) is 54.4 Å². The van der Waals surface area contributed by atoms with Crippen LogP contribution in [0, 0.1) is 11.3 Å². The Kier molecular flexibility index (Phi) is 6.59. The van der Waals surface area contributed by atoms with Gasteiger partial charge >= 0.3 is 0 Å². The summed E-state index contributed by atoms with van der Waals surface area (Å²) in [5.74, 6) is 1.53. The predicted molar refractivity (Wildman–Crippen MR) is 109 cm³/mol. The number of ether oxygens (including phenoxy) is 1. The van der Waals surface area contributed by atoms with Gasteiger partial charge in [-0.05, 0) is 31.4 Å². The Bertz CT molecular complexity index is 569. The summed E-state index contributed by atoms with van der Waals surface area (Å²) in [5, 5.41) is 7.06. The van der Waals surface area contributed by atoms with Gasteiger partial charge in [0.2, 0.25) is 0 Å². The summed E-state index contributed by atoms with van der Waals surface area (Å²) in [4.78, 5) is 4.76. The molecule has 5 nitrogen and oxygen atoms in total. The van der Waals surface area contributed by atoms with Crippen LogP contribution in [0.5, 0.6) is 0 Å². The molecule has 2 heterocycles. The van der Waals surface area contributed by atoms with Gasteiger partial charge in [-0.1, -0.05) is 13.8 Å². The second-order valence-electron chi connectivity index (χ2n) is 7.42. The van der Waals surface area contributed by atoms with Gasteiger partial charge in [-0.2, -0.15) is 0 Å². The molecule has 0 spiro atoms. The maximum Gasteiger partial charge on any atom is 0.191 e. The molecule has 1 aromatic heterocycles. The molecule has 6 heteroatoms. The Morgan fingerprint density at radius 3 is 2.92 bits per heavy atom. The van der Waals surface area contributed by atoms with Crippen LogP contribution in [0.4, 0.5) is 0 Å². The van der Waals surface area contributed by atoms with Gasteiger partial charge in [0.05, 0.1) is 12.6 Å². The molecule has 1 saturated carbocycles. The third-order valence-electron chi connectivity index (χ3n) is 5.28. The number of aromatic nitrogens is 1. The van der Waals surface area contributed by atoms with Gasteiger partial charge in [0.15, 0.2) is 5.96 Å². The van der Waals surface area contributed by atoms with Gasteiger partial charge in [-0.15, -0.1) is 24.0 Å². The minimum atomic E-state index is 0. The molecule has 1 aliphatic carbocycles. The fraction of sp³-hybridized carbons (Fsp3) is 0.722. The smallest absolute Gasteiger partial charge is 0.191 e. The summed E-state index contributed by atoms with van der Waals surface area (Å²) in [7, 11) is 2.04. The average molecular weight is 446 g/mol. The van der Waals surface area contributed by atoms with E-state index < -0.39 is 0 Å². The summed E-state index contributed by atoms with van der Waals surface area (Å²) in [5.41, 5.74) is 1.39. The van der Waals surface area contributed by atoms with Crippen LogP contribution < -0.4 is 10.6 Å². The van der Waals surface area contributed by atoms with Crippen LogP contribution in [-0.2, 0) is 18.3 Å². The zero-order valence-corrected chi connectivity index (χ0v) is 17.5. The van der Waals surface area contributed by atoms with Gasteiger partial charge < -0.3 is 19.9 Å². The van der Waals surface area contributed by atoms with Crippen LogP contribution in [0.25, 0.3) is 0 Å². The number of aliphatic imine (C=N–C) groups is 1. The molecular formula is C18H31IN4O. The highest BCUT2D eigenvalue weighted by molar-refractivity contribution is 14.0. The number of nitrogens with one attached hydrogen (secondary N) is 2. The first-order valence-corrected chi connectivity index (χ1v) is 8.79. The van der Waals surface area contributed by atoms with Crippen molar-refractivity contribution in [2.24, 2.45) is 23.4 Å². The number of hydrogen-bond donors (Lipinski definition) is 2. The molecule has 0 aromatic carbocycles. The highest BCUT2D eigenvalue weighted by Gasteiger charge is 2.58. The van der Waals surface area contributed by atoms with Crippen molar-refractivity contribution in [2.75, 3.05) is 13.2 Å². The lowest BCUT2D eigenvalue weighted by Gasteiger charge is -2.60. The minimum Gasteiger partial charge on any atom is -0.377 e. The lowest BCUT2D eigenvalue weighted by atomic mass is 9.55. The van der Waals surface area contributed by atoms with Crippen molar-refractivity contribution in [3.8, 4) is 0 Å². The quantitative estimate of drug-likeness (QED) is 0.425. The van der Waals surface area contributed by atoms with Gasteiger partial charge in [-0.25, -0.2) is 4.99 Å². The number of rotatable bonds is 4. The first kappa shape index (κ1) is 19.6. The third-order valence-corrected chi connectivity index (χ3v) is 5.28. The van der Waals surface area contributed by atoms with Crippen LogP contribution in [0.2, 0.25) is 0 Å². The number of nitrogens with zero attached hydrogens (tertiary/aromatic N) is 2. The van der Waals surface area contributed by atoms with Crippen LogP contribution in [0.3, 0.4) is 0 Å². The third kappa shape index (κ3) is 3.90. The van der Waals surface area contributed by atoms with E-state index in [1.165, 1.54) is 18.4 Å². The SMILES string of the molecule is CCNC(=NCc1ccn(C)c1)NC1C2CCCOC2C1(C)C.I. The fourth-order valence-electron chi connectivity index (χ4n) is 4.11. The van der Waals surface area contributed by atoms with Crippen molar-refractivity contribution in [3.63, 3.8) is 0 Å². The highest BCUT2D eigenvalue weighted by Crippen LogP contribution is 2.51. The molecule has 3 unspecified atom stereocenters. The van der Waals surface area contributed by atoms with E-state index >= 15 is 0 Å². The number of fused-ring (bicyclic) bond motifs is 1. The van der Waals surface area contributed by atoms with Crippen molar-refractivity contribution in [1.29, 1.82) is 0 Å². The number of guanidine groups is 1. The zero-order valence-electron chi connectivity index (χ0n) is 15.2. The topological polar surface area (TPSA) is 50.6 Å². The Hall–Kier alpha value is -0.760. The van der Waals surface area contributed by atoms with E-state index in [4.69, 9.17) is 9.73 Å². The molecule has 0 amide bonds. The van der Waals surface area contributed by atoms with Crippen LogP contribution in [0.15, 0.2) is 23.5 Å². The van der Waals surface area contributed by atoms with Crippen molar-refractivity contribution >= 4 is 29.9 Å². The van der Waals surface area contributed by atoms with E-state index in [1.807, 2.05) is 7.05 Å². The molecule has 2 N–H and O–H groups in total. The molecule has 1 aliphatic heterocycles. The molecule has 3 rings (SSSR count). The van der Waals surface area contributed by atoms with Crippen molar-refractivity contribution in [1.82, 2.24) is 15.2 Å². The van der Waals surface area contributed by atoms with Gasteiger partial charge in [0.1, 0.15) is 0 Å². The van der Waals surface area contributed by atoms with E-state index in [-0.39, 0.29) is 29.4 Å². The monoisotopic (exact) mass is 446 g/mol. The molecule has 1 saturated heterocycles. The zero-order chi connectivity index (χ0) is 16.4. The van der Waals surface area contributed by atoms with Gasteiger partial charge in [-0.3, -0.25) is 0 Å². The second-order valence-corrected chi connectivity index (χ2v) is 7.42. The largest absolute Gasteiger partial charge is 0.377 e. The maximum atomic E-state index is 5.99. The number of aryl methyl sites for hydroxylation is 1. The normalized spacial score (nSPS) is 28.3. The van der Waals surface area contributed by atoms with Crippen LogP contribution in [0.1, 0.15) is 39.2 Å². The summed E-state index contributed by atoms with van der Waals surface area (Å²) in [6.45, 7) is 9.21. The maximum absolute atomic E-state index is 5.99. The van der Waals surface area contributed by atoms with E-state index in [1.54, 1.807) is 0 Å². The molecular weight excluding hydrogens is 415 g/mol. The average Bonchev–Trinajstić information content (AvgIpc) is 2.95. The van der Waals surface area contributed by atoms with Gasteiger partial charge in [0, 0.05) is 50.0 Å². The molecule has 2 aliphatic rings. The standard InChI is InChI=1S/C18H30N4O.HI/c1-5-19-17(20-11-13-8-9-22(4)12-13)21-15-14-7-6-10-23-16(14)18(15,2)3;/h8-9,12,14-16H,5-7,10-11H2,1-4H3,(H2,19,20,21);1H. The second kappa shape index (κ2) is 8.08. The Morgan fingerprint density at radius 1 is 1.46 bits per heavy atom. The Balaban J connectivity index is 0.00000208. The van der Waals surface area contributed by atoms with Crippen molar-refractivity contribution in [2.45, 2.75) is 52.3 Å². The molecule has 0 bridgehead atoms. The summed E-state index contributed by atoms with van der Waals surface area (Å²) >= 11 is 0. The number of hydrogen-bond acceptors (Lipinski definition) is 2. The lowest BCUT2D eigenvalue weighted by Crippen LogP contribution is -2.71. The molecule has 1 aromatic rings. The summed E-state index contributed by atoms with van der Waals surface area (Å²) < 4.78 is 8.05. The van der Waals surface area contributed by atoms with Crippen LogP contribution in [-0.4, -0.2) is 35.8 Å².